The minimum Gasteiger partial charge on any atom is -0.508 e. The van der Waals surface area contributed by atoms with Crippen molar-refractivity contribution in [3.05, 3.63) is 29.8 Å². The molecule has 0 bridgehead atoms. The van der Waals surface area contributed by atoms with Gasteiger partial charge in [-0.2, -0.15) is 0 Å². The molecule has 16 heavy (non-hydrogen) atoms. The summed E-state index contributed by atoms with van der Waals surface area (Å²) in [4.78, 5) is 0. The lowest BCUT2D eigenvalue weighted by atomic mass is 10.0. The molecule has 1 saturated heterocycles. The average Bonchev–Trinajstić information content (AvgIpc) is 2.75. The predicted molar refractivity (Wildman–Crippen MR) is 60.0 cm³/mol. The normalized spacial score (nSPS) is 29.5. The topological polar surface area (TPSA) is 64.7 Å². The number of hydrogen-bond acceptors (Lipinski definition) is 4. The third-order valence-electron chi connectivity index (χ3n) is 2.89. The van der Waals surface area contributed by atoms with Gasteiger partial charge in [0.15, 0.2) is 5.79 Å². The van der Waals surface area contributed by atoms with Crippen LogP contribution < -0.4 is 5.73 Å². The highest BCUT2D eigenvalue weighted by atomic mass is 16.7. The van der Waals surface area contributed by atoms with Gasteiger partial charge in [0.05, 0.1) is 12.7 Å². The van der Waals surface area contributed by atoms with Crippen LogP contribution in [0.4, 0.5) is 0 Å². The number of nitrogens with two attached hydrogens (primary N) is 1. The second-order valence-electron chi connectivity index (χ2n) is 3.94. The first-order chi connectivity index (χ1) is 7.70. The fourth-order valence-electron chi connectivity index (χ4n) is 1.94. The van der Waals surface area contributed by atoms with Crippen molar-refractivity contribution in [2.24, 2.45) is 5.73 Å². The van der Waals surface area contributed by atoms with E-state index in [1.54, 1.807) is 12.1 Å². The fourth-order valence-corrected chi connectivity index (χ4v) is 1.94. The van der Waals surface area contributed by atoms with Crippen molar-refractivity contribution in [2.75, 3.05) is 13.2 Å². The van der Waals surface area contributed by atoms with Crippen molar-refractivity contribution in [1.29, 1.82) is 0 Å². The first-order valence-electron chi connectivity index (χ1n) is 5.51. The van der Waals surface area contributed by atoms with Gasteiger partial charge < -0.3 is 20.3 Å². The van der Waals surface area contributed by atoms with E-state index in [9.17, 15) is 5.11 Å². The molecule has 1 aromatic carbocycles. The van der Waals surface area contributed by atoms with Crippen molar-refractivity contribution >= 4 is 0 Å². The molecular weight excluding hydrogens is 206 g/mol. The second kappa shape index (κ2) is 4.41. The highest BCUT2D eigenvalue weighted by Crippen LogP contribution is 2.37. The third-order valence-corrected chi connectivity index (χ3v) is 2.89. The van der Waals surface area contributed by atoms with Crippen LogP contribution in [0.25, 0.3) is 0 Å². The monoisotopic (exact) mass is 223 g/mol. The molecule has 4 nitrogen and oxygen atoms in total. The average molecular weight is 223 g/mol. The number of phenolic OH excluding ortho intramolecular Hbond substituents is 1. The van der Waals surface area contributed by atoms with Crippen molar-refractivity contribution in [1.82, 2.24) is 0 Å². The second-order valence-corrected chi connectivity index (χ2v) is 3.94. The third kappa shape index (κ3) is 1.91. The van der Waals surface area contributed by atoms with E-state index in [2.05, 4.69) is 0 Å². The number of rotatable bonds is 3. The molecule has 4 heteroatoms. The SMILES string of the molecule is CCC1(c2ccc(O)cc2)OCC(CN)O1. The Morgan fingerprint density at radius 3 is 2.62 bits per heavy atom. The standard InChI is InChI=1S/C12H17NO3/c1-2-12(15-8-11(7-13)16-12)9-3-5-10(14)6-4-9/h3-6,11,14H,2,7-8,13H2,1H3. The van der Waals surface area contributed by atoms with Crippen LogP contribution in [0.15, 0.2) is 24.3 Å². The van der Waals surface area contributed by atoms with Gasteiger partial charge in [0.2, 0.25) is 0 Å². The summed E-state index contributed by atoms with van der Waals surface area (Å²) in [6, 6.07) is 6.90. The van der Waals surface area contributed by atoms with Gasteiger partial charge in [-0.3, -0.25) is 0 Å². The first-order valence-corrected chi connectivity index (χ1v) is 5.51. The molecule has 0 aliphatic carbocycles. The van der Waals surface area contributed by atoms with Crippen LogP contribution in [0, 0.1) is 0 Å². The van der Waals surface area contributed by atoms with Crippen molar-refractivity contribution in [3.63, 3.8) is 0 Å². The molecule has 0 radical (unpaired) electrons. The number of benzene rings is 1. The Hall–Kier alpha value is -1.10. The molecule has 2 atom stereocenters. The molecular formula is C12H17NO3. The van der Waals surface area contributed by atoms with Gasteiger partial charge in [-0.15, -0.1) is 0 Å². The van der Waals surface area contributed by atoms with Crippen LogP contribution in [-0.2, 0) is 15.3 Å². The van der Waals surface area contributed by atoms with E-state index in [1.807, 2.05) is 19.1 Å². The van der Waals surface area contributed by atoms with E-state index >= 15 is 0 Å². The Kier molecular flexibility index (Phi) is 3.14. The number of ether oxygens (including phenoxy) is 2. The minimum atomic E-state index is -0.697. The molecule has 3 N–H and O–H groups in total. The summed E-state index contributed by atoms with van der Waals surface area (Å²) in [5.41, 5.74) is 6.49. The molecule has 1 fully saturated rings. The van der Waals surface area contributed by atoms with Crippen LogP contribution in [0.1, 0.15) is 18.9 Å². The van der Waals surface area contributed by atoms with Crippen LogP contribution in [0.3, 0.4) is 0 Å². The van der Waals surface area contributed by atoms with E-state index < -0.39 is 5.79 Å². The largest absolute Gasteiger partial charge is 0.508 e. The number of phenols is 1. The van der Waals surface area contributed by atoms with E-state index in [4.69, 9.17) is 15.2 Å². The Bertz CT molecular complexity index is 352. The number of aromatic hydroxyl groups is 1. The Labute approximate surface area is 95.0 Å². The van der Waals surface area contributed by atoms with Gasteiger partial charge in [-0.25, -0.2) is 0 Å². The summed E-state index contributed by atoms with van der Waals surface area (Å²) in [5.74, 6) is -0.457. The maximum absolute atomic E-state index is 9.25. The van der Waals surface area contributed by atoms with Gasteiger partial charge >= 0.3 is 0 Å². The van der Waals surface area contributed by atoms with Crippen LogP contribution in [0.5, 0.6) is 5.75 Å². The lowest BCUT2D eigenvalue weighted by Crippen LogP contribution is -2.29. The highest BCUT2D eigenvalue weighted by Gasteiger charge is 2.41. The summed E-state index contributed by atoms with van der Waals surface area (Å²) in [5, 5.41) is 9.25. The summed E-state index contributed by atoms with van der Waals surface area (Å²) in [6.45, 7) is 2.98. The highest BCUT2D eigenvalue weighted by molar-refractivity contribution is 5.29. The Morgan fingerprint density at radius 1 is 1.44 bits per heavy atom. The Morgan fingerprint density at radius 2 is 2.12 bits per heavy atom. The molecule has 1 heterocycles. The van der Waals surface area contributed by atoms with Gasteiger partial charge in [0, 0.05) is 18.5 Å². The molecule has 1 aliphatic heterocycles. The predicted octanol–water partition coefficient (Wildman–Crippen LogP) is 1.33. The molecule has 0 spiro atoms. The van der Waals surface area contributed by atoms with Gasteiger partial charge in [-0.1, -0.05) is 6.92 Å². The van der Waals surface area contributed by atoms with E-state index in [1.165, 1.54) is 0 Å². The van der Waals surface area contributed by atoms with Crippen molar-refractivity contribution < 1.29 is 14.6 Å². The lowest BCUT2D eigenvalue weighted by Gasteiger charge is -2.27. The Balaban J connectivity index is 2.25. The van der Waals surface area contributed by atoms with Crippen molar-refractivity contribution in [3.8, 4) is 5.75 Å². The zero-order chi connectivity index (χ0) is 11.6. The molecule has 0 amide bonds. The summed E-state index contributed by atoms with van der Waals surface area (Å²) in [6.07, 6.45) is 0.669. The zero-order valence-corrected chi connectivity index (χ0v) is 9.35. The summed E-state index contributed by atoms with van der Waals surface area (Å²) >= 11 is 0. The molecule has 88 valence electrons. The van der Waals surface area contributed by atoms with E-state index in [0.29, 0.717) is 19.6 Å². The van der Waals surface area contributed by atoms with E-state index in [0.717, 1.165) is 5.56 Å². The van der Waals surface area contributed by atoms with E-state index in [-0.39, 0.29) is 11.9 Å². The first kappa shape index (κ1) is 11.4. The molecule has 1 aromatic rings. The summed E-state index contributed by atoms with van der Waals surface area (Å²) < 4.78 is 11.6. The molecule has 1 aliphatic rings. The number of hydrogen-bond donors (Lipinski definition) is 2. The van der Waals surface area contributed by atoms with Crippen LogP contribution >= 0.6 is 0 Å². The quantitative estimate of drug-likeness (QED) is 0.811. The smallest absolute Gasteiger partial charge is 0.195 e. The minimum absolute atomic E-state index is 0.0475. The molecule has 0 aromatic heterocycles. The van der Waals surface area contributed by atoms with Crippen molar-refractivity contribution in [2.45, 2.75) is 25.2 Å². The molecule has 2 rings (SSSR count). The van der Waals surface area contributed by atoms with Crippen LogP contribution in [0.2, 0.25) is 0 Å². The van der Waals surface area contributed by atoms with Gasteiger partial charge in [-0.05, 0) is 24.3 Å². The maximum atomic E-state index is 9.25. The summed E-state index contributed by atoms with van der Waals surface area (Å²) in [7, 11) is 0. The molecule has 0 saturated carbocycles. The zero-order valence-electron chi connectivity index (χ0n) is 9.35. The van der Waals surface area contributed by atoms with Crippen LogP contribution in [-0.4, -0.2) is 24.4 Å². The fraction of sp³-hybridized carbons (Fsp3) is 0.500. The maximum Gasteiger partial charge on any atom is 0.195 e. The van der Waals surface area contributed by atoms with Gasteiger partial charge in [0.1, 0.15) is 5.75 Å². The van der Waals surface area contributed by atoms with Gasteiger partial charge in [0.25, 0.3) is 0 Å². The molecule has 2 unspecified atom stereocenters. The lowest BCUT2D eigenvalue weighted by molar-refractivity contribution is -0.177.